The van der Waals surface area contributed by atoms with Crippen LogP contribution in [-0.4, -0.2) is 69.2 Å². The molecule has 3 aromatic rings. The molecule has 0 fully saturated rings. The minimum Gasteiger partial charge on any atom is -0.497 e. The number of carboxylic acid groups (broad SMARTS) is 2. The van der Waals surface area contributed by atoms with Gasteiger partial charge in [0.1, 0.15) is 5.75 Å². The number of amides is 1. The standard InChI is InChI=1S/C22H23N3O4S2.C2HF3O2/c1-29-18-9-7-16(8-10-18)20-15-19(24-25(20)17-5-3-2-4-6-17)22(28)23-12-14-31-30-13-11-21(26)27;3-2(4,5)1(6)7/h2-10,15H,11-14H2,1H3,(H,23,28)(H,26,27);(H,6,7). The van der Waals surface area contributed by atoms with E-state index in [4.69, 9.17) is 19.7 Å². The molecule has 1 heterocycles. The first-order chi connectivity index (χ1) is 18.0. The van der Waals surface area contributed by atoms with Crippen molar-refractivity contribution in [2.75, 3.05) is 25.2 Å². The molecule has 0 unspecified atom stereocenters. The van der Waals surface area contributed by atoms with E-state index in [1.54, 1.807) is 17.9 Å². The van der Waals surface area contributed by atoms with Crippen molar-refractivity contribution in [2.45, 2.75) is 12.6 Å². The first kappa shape index (κ1) is 30.6. The Balaban J connectivity index is 0.000000638. The molecule has 0 saturated heterocycles. The lowest BCUT2D eigenvalue weighted by atomic mass is 10.1. The van der Waals surface area contributed by atoms with Crippen molar-refractivity contribution >= 4 is 39.4 Å². The number of aliphatic carboxylic acids is 2. The summed E-state index contributed by atoms with van der Waals surface area (Å²) in [7, 11) is 4.65. The van der Waals surface area contributed by atoms with Gasteiger partial charge < -0.3 is 20.3 Å². The number of hydrogen-bond acceptors (Lipinski definition) is 7. The Morgan fingerprint density at radius 2 is 1.61 bits per heavy atom. The molecule has 0 bridgehead atoms. The molecule has 0 aliphatic carbocycles. The minimum absolute atomic E-state index is 0.134. The Bertz CT molecular complexity index is 1210. The maximum absolute atomic E-state index is 12.7. The second-order valence-corrected chi connectivity index (χ2v) is 9.94. The van der Waals surface area contributed by atoms with Crippen LogP contribution in [0.3, 0.4) is 0 Å². The Hall–Kier alpha value is -3.65. The maximum Gasteiger partial charge on any atom is 0.490 e. The van der Waals surface area contributed by atoms with Gasteiger partial charge in [-0.25, -0.2) is 9.48 Å². The lowest BCUT2D eigenvalue weighted by molar-refractivity contribution is -0.192. The summed E-state index contributed by atoms with van der Waals surface area (Å²) in [5, 5.41) is 23.2. The third-order valence-electron chi connectivity index (χ3n) is 4.52. The van der Waals surface area contributed by atoms with Gasteiger partial charge in [0.2, 0.25) is 0 Å². The summed E-state index contributed by atoms with van der Waals surface area (Å²) in [4.78, 5) is 32.1. The molecule has 0 spiro atoms. The van der Waals surface area contributed by atoms with Crippen molar-refractivity contribution in [1.82, 2.24) is 15.1 Å². The lowest BCUT2D eigenvalue weighted by Crippen LogP contribution is -2.26. The van der Waals surface area contributed by atoms with Gasteiger partial charge in [0.05, 0.1) is 24.9 Å². The summed E-state index contributed by atoms with van der Waals surface area (Å²) < 4.78 is 38.7. The maximum atomic E-state index is 12.7. The van der Waals surface area contributed by atoms with E-state index in [-0.39, 0.29) is 12.3 Å². The van der Waals surface area contributed by atoms with E-state index >= 15 is 0 Å². The molecular formula is C24H24F3N3O6S2. The van der Waals surface area contributed by atoms with Crippen LogP contribution in [0.2, 0.25) is 0 Å². The van der Waals surface area contributed by atoms with E-state index in [2.05, 4.69) is 10.4 Å². The van der Waals surface area contributed by atoms with Crippen molar-refractivity contribution < 1.29 is 42.5 Å². The number of carbonyl (C=O) groups excluding carboxylic acids is 1. The van der Waals surface area contributed by atoms with Crippen molar-refractivity contribution in [3.05, 3.63) is 66.4 Å². The van der Waals surface area contributed by atoms with Crippen molar-refractivity contribution in [1.29, 1.82) is 0 Å². The topological polar surface area (TPSA) is 131 Å². The van der Waals surface area contributed by atoms with E-state index in [1.807, 2.05) is 54.6 Å². The van der Waals surface area contributed by atoms with Crippen LogP contribution in [0, 0.1) is 0 Å². The average Bonchev–Trinajstić information content (AvgIpc) is 3.34. The molecule has 0 aliphatic rings. The number of carbonyl (C=O) groups is 3. The SMILES string of the molecule is COc1ccc(-c2cc(C(=O)NCCSSCCC(=O)O)nn2-c2ccccc2)cc1.O=C(O)C(F)(F)F. The van der Waals surface area contributed by atoms with E-state index in [1.165, 1.54) is 21.6 Å². The first-order valence-corrected chi connectivity index (χ1v) is 13.4. The van der Waals surface area contributed by atoms with E-state index in [9.17, 15) is 22.8 Å². The average molecular weight is 572 g/mol. The van der Waals surface area contributed by atoms with Crippen LogP contribution in [0.1, 0.15) is 16.9 Å². The molecule has 204 valence electrons. The van der Waals surface area contributed by atoms with Gasteiger partial charge >= 0.3 is 18.1 Å². The molecule has 0 aliphatic heterocycles. The summed E-state index contributed by atoms with van der Waals surface area (Å²) in [6, 6.07) is 19.0. The Morgan fingerprint density at radius 3 is 2.16 bits per heavy atom. The predicted octanol–water partition coefficient (Wildman–Crippen LogP) is 4.77. The largest absolute Gasteiger partial charge is 0.497 e. The van der Waals surface area contributed by atoms with E-state index in [0.29, 0.717) is 23.7 Å². The number of ether oxygens (including phenoxy) is 1. The molecule has 0 atom stereocenters. The highest BCUT2D eigenvalue weighted by molar-refractivity contribution is 8.76. The second kappa shape index (κ2) is 14.9. The van der Waals surface area contributed by atoms with Crippen LogP contribution >= 0.6 is 21.6 Å². The fourth-order valence-corrected chi connectivity index (χ4v) is 4.66. The molecule has 1 aromatic heterocycles. The third kappa shape index (κ3) is 10.0. The number of para-hydroxylation sites is 1. The molecule has 0 saturated carbocycles. The number of hydrogen-bond donors (Lipinski definition) is 3. The zero-order chi connectivity index (χ0) is 28.1. The number of carboxylic acids is 2. The van der Waals surface area contributed by atoms with Gasteiger partial charge in [0.15, 0.2) is 5.69 Å². The quantitative estimate of drug-likeness (QED) is 0.220. The van der Waals surface area contributed by atoms with Crippen molar-refractivity contribution in [3.8, 4) is 22.7 Å². The van der Waals surface area contributed by atoms with Crippen LogP contribution in [0.5, 0.6) is 5.75 Å². The Labute approximate surface area is 223 Å². The van der Waals surface area contributed by atoms with Crippen molar-refractivity contribution in [2.24, 2.45) is 0 Å². The fourth-order valence-electron chi connectivity index (χ4n) is 2.77. The molecule has 0 radical (unpaired) electrons. The monoisotopic (exact) mass is 571 g/mol. The van der Waals surface area contributed by atoms with Gasteiger partial charge in [-0.15, -0.1) is 0 Å². The van der Waals surface area contributed by atoms with Gasteiger partial charge in [-0.2, -0.15) is 18.3 Å². The van der Waals surface area contributed by atoms with Crippen molar-refractivity contribution in [3.63, 3.8) is 0 Å². The first-order valence-electron chi connectivity index (χ1n) is 10.9. The molecule has 3 rings (SSSR count). The number of nitrogens with zero attached hydrogens (tertiary/aromatic N) is 2. The van der Waals surface area contributed by atoms with Crippen LogP contribution < -0.4 is 10.1 Å². The van der Waals surface area contributed by atoms with Gasteiger partial charge in [0.25, 0.3) is 5.91 Å². The number of alkyl halides is 3. The third-order valence-corrected chi connectivity index (χ3v) is 6.93. The number of methoxy groups -OCH3 is 1. The fraction of sp³-hybridized carbons (Fsp3) is 0.250. The molecule has 3 N–H and O–H groups in total. The molecule has 1 amide bonds. The summed E-state index contributed by atoms with van der Waals surface area (Å²) in [5.74, 6) is -1.83. The van der Waals surface area contributed by atoms with Gasteiger partial charge in [-0.3, -0.25) is 9.59 Å². The zero-order valence-corrected chi connectivity index (χ0v) is 21.6. The second-order valence-electron chi connectivity index (χ2n) is 7.24. The minimum atomic E-state index is -5.08. The van der Waals surface area contributed by atoms with Gasteiger partial charge in [-0.1, -0.05) is 39.8 Å². The summed E-state index contributed by atoms with van der Waals surface area (Å²) >= 11 is 0. The molecular weight excluding hydrogens is 547 g/mol. The number of halogens is 3. The number of nitrogens with one attached hydrogen (secondary N) is 1. The zero-order valence-electron chi connectivity index (χ0n) is 20.0. The lowest BCUT2D eigenvalue weighted by Gasteiger charge is -2.08. The number of rotatable bonds is 11. The van der Waals surface area contributed by atoms with Crippen LogP contribution in [0.4, 0.5) is 13.2 Å². The van der Waals surface area contributed by atoms with E-state index < -0.39 is 18.1 Å². The van der Waals surface area contributed by atoms with Gasteiger partial charge in [0, 0.05) is 23.6 Å². The van der Waals surface area contributed by atoms with Crippen LogP contribution in [0.25, 0.3) is 16.9 Å². The Kier molecular flexibility index (Phi) is 12.0. The molecule has 2 aromatic carbocycles. The summed E-state index contributed by atoms with van der Waals surface area (Å²) in [5.41, 5.74) is 2.91. The van der Waals surface area contributed by atoms with E-state index in [0.717, 1.165) is 22.7 Å². The Morgan fingerprint density at radius 1 is 1.00 bits per heavy atom. The predicted molar refractivity (Wildman–Crippen MR) is 139 cm³/mol. The molecule has 14 heteroatoms. The number of benzene rings is 2. The highest BCUT2D eigenvalue weighted by atomic mass is 33.1. The molecule has 38 heavy (non-hydrogen) atoms. The van der Waals surface area contributed by atoms with Crippen LogP contribution in [0.15, 0.2) is 60.7 Å². The van der Waals surface area contributed by atoms with Crippen LogP contribution in [-0.2, 0) is 9.59 Å². The summed E-state index contributed by atoms with van der Waals surface area (Å²) in [6.45, 7) is 0.472. The normalized spacial score (nSPS) is 10.7. The highest BCUT2D eigenvalue weighted by Gasteiger charge is 2.38. The summed E-state index contributed by atoms with van der Waals surface area (Å²) in [6.07, 6.45) is -4.95. The smallest absolute Gasteiger partial charge is 0.490 e. The number of aromatic nitrogens is 2. The highest BCUT2D eigenvalue weighted by Crippen LogP contribution is 2.26. The van der Waals surface area contributed by atoms with Gasteiger partial charge in [-0.05, 0) is 42.5 Å². The molecule has 9 nitrogen and oxygen atoms in total.